The topological polar surface area (TPSA) is 92.4 Å². The second-order valence-corrected chi connectivity index (χ2v) is 5.45. The molecule has 0 aliphatic carbocycles. The van der Waals surface area contributed by atoms with Crippen molar-refractivity contribution in [3.05, 3.63) is 27.3 Å². The van der Waals surface area contributed by atoms with Gasteiger partial charge >= 0.3 is 5.97 Å². The summed E-state index contributed by atoms with van der Waals surface area (Å²) in [5.41, 5.74) is 5.96. The Kier molecular flexibility index (Phi) is 6.23. The molecule has 1 amide bonds. The van der Waals surface area contributed by atoms with Crippen molar-refractivity contribution in [1.82, 2.24) is 0 Å². The lowest BCUT2D eigenvalue weighted by atomic mass is 10.0. The number of anilines is 1. The molecular formula is C13H17IN2O3. The van der Waals surface area contributed by atoms with Crippen molar-refractivity contribution in [2.75, 3.05) is 11.9 Å². The van der Waals surface area contributed by atoms with Crippen molar-refractivity contribution >= 4 is 40.2 Å². The number of carboxylic acid groups (broad SMARTS) is 1. The van der Waals surface area contributed by atoms with Gasteiger partial charge in [-0.1, -0.05) is 13.3 Å². The maximum absolute atomic E-state index is 12.0. The molecule has 5 nitrogen and oxygen atoms in total. The number of rotatable bonds is 6. The summed E-state index contributed by atoms with van der Waals surface area (Å²) in [5, 5.41) is 11.8. The maximum Gasteiger partial charge on any atom is 0.337 e. The molecule has 4 N–H and O–H groups in total. The Morgan fingerprint density at radius 3 is 2.68 bits per heavy atom. The highest BCUT2D eigenvalue weighted by Crippen LogP contribution is 2.20. The zero-order chi connectivity index (χ0) is 14.4. The van der Waals surface area contributed by atoms with Crippen LogP contribution in [0.3, 0.4) is 0 Å². The second kappa shape index (κ2) is 7.44. The third-order valence-corrected chi connectivity index (χ3v) is 3.43. The second-order valence-electron chi connectivity index (χ2n) is 4.21. The summed E-state index contributed by atoms with van der Waals surface area (Å²) in [4.78, 5) is 23.1. The summed E-state index contributed by atoms with van der Waals surface area (Å²) in [6.45, 7) is 2.23. The van der Waals surface area contributed by atoms with Crippen molar-refractivity contribution in [2.24, 2.45) is 11.7 Å². The number of halogens is 1. The quantitative estimate of drug-likeness (QED) is 0.665. The summed E-state index contributed by atoms with van der Waals surface area (Å²) >= 11 is 2.03. The first-order chi connectivity index (χ1) is 8.99. The van der Waals surface area contributed by atoms with E-state index in [0.29, 0.717) is 12.1 Å². The Hall–Kier alpha value is -1.15. The van der Waals surface area contributed by atoms with E-state index in [-0.39, 0.29) is 23.9 Å². The van der Waals surface area contributed by atoms with Gasteiger partial charge in [0, 0.05) is 10.1 Å². The number of hydrogen-bond acceptors (Lipinski definition) is 3. The SMILES string of the molecule is CCCC(CN)C(=O)Nc1ccc(I)cc1C(=O)O. The van der Waals surface area contributed by atoms with Crippen molar-refractivity contribution in [3.63, 3.8) is 0 Å². The van der Waals surface area contributed by atoms with E-state index < -0.39 is 5.97 Å². The normalized spacial score (nSPS) is 11.9. The predicted molar refractivity (Wildman–Crippen MR) is 82.2 cm³/mol. The van der Waals surface area contributed by atoms with Crippen molar-refractivity contribution < 1.29 is 14.7 Å². The lowest BCUT2D eigenvalue weighted by Gasteiger charge is -2.15. The van der Waals surface area contributed by atoms with Crippen molar-refractivity contribution in [3.8, 4) is 0 Å². The summed E-state index contributed by atoms with van der Waals surface area (Å²) in [6, 6.07) is 4.87. The van der Waals surface area contributed by atoms with Crippen molar-refractivity contribution in [1.29, 1.82) is 0 Å². The Bertz CT molecular complexity index is 477. The fraction of sp³-hybridized carbons (Fsp3) is 0.385. The van der Waals surface area contributed by atoms with Gasteiger partial charge in [-0.25, -0.2) is 4.79 Å². The molecule has 1 rings (SSSR count). The zero-order valence-electron chi connectivity index (χ0n) is 10.6. The number of aromatic carboxylic acids is 1. The third kappa shape index (κ3) is 4.46. The first kappa shape index (κ1) is 15.9. The van der Waals surface area contributed by atoms with Crippen LogP contribution in [-0.4, -0.2) is 23.5 Å². The molecule has 0 saturated heterocycles. The van der Waals surface area contributed by atoms with E-state index >= 15 is 0 Å². The molecule has 0 radical (unpaired) electrons. The molecule has 0 fully saturated rings. The van der Waals surface area contributed by atoms with Crippen molar-refractivity contribution in [2.45, 2.75) is 19.8 Å². The fourth-order valence-corrected chi connectivity index (χ4v) is 2.23. The molecule has 1 atom stereocenters. The van der Waals surface area contributed by atoms with E-state index in [0.717, 1.165) is 9.99 Å². The number of nitrogens with one attached hydrogen (secondary N) is 1. The van der Waals surface area contributed by atoms with Gasteiger partial charge in [-0.05, 0) is 47.2 Å². The molecule has 0 spiro atoms. The molecule has 0 aromatic heterocycles. The van der Waals surface area contributed by atoms with Crippen LogP contribution in [0.1, 0.15) is 30.1 Å². The molecule has 1 aromatic rings. The van der Waals surface area contributed by atoms with Gasteiger partial charge in [0.15, 0.2) is 0 Å². The number of benzene rings is 1. The lowest BCUT2D eigenvalue weighted by Crippen LogP contribution is -2.29. The molecule has 0 heterocycles. The average molecular weight is 376 g/mol. The molecule has 1 unspecified atom stereocenters. The molecule has 0 saturated carbocycles. The molecule has 0 aliphatic rings. The smallest absolute Gasteiger partial charge is 0.337 e. The van der Waals surface area contributed by atoms with Crippen LogP contribution in [0.15, 0.2) is 18.2 Å². The van der Waals surface area contributed by atoms with Gasteiger partial charge in [0.1, 0.15) is 0 Å². The van der Waals surface area contributed by atoms with Crippen LogP contribution in [0.4, 0.5) is 5.69 Å². The Morgan fingerprint density at radius 2 is 2.16 bits per heavy atom. The minimum Gasteiger partial charge on any atom is -0.478 e. The summed E-state index contributed by atoms with van der Waals surface area (Å²) in [6.07, 6.45) is 1.54. The molecule has 0 aliphatic heterocycles. The van der Waals surface area contributed by atoms with Gasteiger partial charge in [0.05, 0.1) is 17.2 Å². The first-order valence-electron chi connectivity index (χ1n) is 6.03. The highest BCUT2D eigenvalue weighted by Gasteiger charge is 2.18. The van der Waals surface area contributed by atoms with Crippen LogP contribution in [0, 0.1) is 9.49 Å². The van der Waals surface area contributed by atoms with Gasteiger partial charge in [0.25, 0.3) is 0 Å². The van der Waals surface area contributed by atoms with Gasteiger partial charge in [-0.15, -0.1) is 0 Å². The van der Waals surface area contributed by atoms with Crippen LogP contribution in [0.5, 0.6) is 0 Å². The number of hydrogen-bond donors (Lipinski definition) is 3. The van der Waals surface area contributed by atoms with E-state index in [1.54, 1.807) is 12.1 Å². The molecule has 19 heavy (non-hydrogen) atoms. The van der Waals surface area contributed by atoms with E-state index in [9.17, 15) is 9.59 Å². The standard InChI is InChI=1S/C13H17IN2O3/c1-2-3-8(7-15)12(17)16-11-5-4-9(14)6-10(11)13(18)19/h4-6,8H,2-3,7,15H2,1H3,(H,16,17)(H,18,19). The minimum absolute atomic E-state index is 0.0903. The summed E-state index contributed by atoms with van der Waals surface area (Å²) in [7, 11) is 0. The van der Waals surface area contributed by atoms with Gasteiger partial charge in [0.2, 0.25) is 5.91 Å². The molecule has 1 aromatic carbocycles. The van der Waals surface area contributed by atoms with Gasteiger partial charge < -0.3 is 16.2 Å². The fourth-order valence-electron chi connectivity index (χ4n) is 1.74. The van der Waals surface area contributed by atoms with Crippen LogP contribution in [0.25, 0.3) is 0 Å². The minimum atomic E-state index is -1.06. The summed E-state index contributed by atoms with van der Waals surface area (Å²) < 4.78 is 0.803. The van der Waals surface area contributed by atoms with Gasteiger partial charge in [-0.3, -0.25) is 4.79 Å². The number of carbonyl (C=O) groups is 2. The van der Waals surface area contributed by atoms with E-state index in [2.05, 4.69) is 5.32 Å². The molecular weight excluding hydrogens is 359 g/mol. The number of carbonyl (C=O) groups excluding carboxylic acids is 1. The maximum atomic E-state index is 12.0. The Morgan fingerprint density at radius 1 is 1.47 bits per heavy atom. The summed E-state index contributed by atoms with van der Waals surface area (Å²) in [5.74, 6) is -1.58. The highest BCUT2D eigenvalue weighted by atomic mass is 127. The number of nitrogens with two attached hydrogens (primary N) is 1. The Labute approximate surface area is 125 Å². The largest absolute Gasteiger partial charge is 0.478 e. The number of amides is 1. The zero-order valence-corrected chi connectivity index (χ0v) is 12.8. The van der Waals surface area contributed by atoms with Gasteiger partial charge in [-0.2, -0.15) is 0 Å². The molecule has 6 heteroatoms. The van der Waals surface area contributed by atoms with Crippen LogP contribution in [0.2, 0.25) is 0 Å². The Balaban J connectivity index is 2.92. The average Bonchev–Trinajstić information content (AvgIpc) is 2.37. The van der Waals surface area contributed by atoms with Crippen LogP contribution in [-0.2, 0) is 4.79 Å². The van der Waals surface area contributed by atoms with Crippen LogP contribution >= 0.6 is 22.6 Å². The molecule has 104 valence electrons. The molecule has 0 bridgehead atoms. The lowest BCUT2D eigenvalue weighted by molar-refractivity contribution is -0.119. The predicted octanol–water partition coefficient (Wildman–Crippen LogP) is 2.30. The highest BCUT2D eigenvalue weighted by molar-refractivity contribution is 14.1. The van der Waals surface area contributed by atoms with E-state index in [1.165, 1.54) is 6.07 Å². The van der Waals surface area contributed by atoms with Crippen LogP contribution < -0.4 is 11.1 Å². The first-order valence-corrected chi connectivity index (χ1v) is 7.11. The monoisotopic (exact) mass is 376 g/mol. The third-order valence-electron chi connectivity index (χ3n) is 2.76. The van der Waals surface area contributed by atoms with E-state index in [1.807, 2.05) is 29.5 Å². The van der Waals surface area contributed by atoms with E-state index in [4.69, 9.17) is 10.8 Å². The number of carboxylic acids is 1.